The standard InChI is InChI=1S/C6H7N.C4H5N/c1-2-6-4-3-5-7-6;1-2-4-5-3-1/h2-5,7H,1H2;1-5H. The predicted octanol–water partition coefficient (Wildman–Crippen LogP) is 2.67. The molecule has 0 aliphatic carbocycles. The average Bonchev–Trinajstić information content (AvgIpc) is 2.81. The van der Waals surface area contributed by atoms with E-state index >= 15 is 0 Å². The van der Waals surface area contributed by atoms with Crippen LogP contribution in [0.2, 0.25) is 0 Å². The highest BCUT2D eigenvalue weighted by atomic mass is 14.7. The molecule has 0 radical (unpaired) electrons. The Morgan fingerprint density at radius 1 is 1.08 bits per heavy atom. The quantitative estimate of drug-likeness (QED) is 0.642. The van der Waals surface area contributed by atoms with Gasteiger partial charge in [0.2, 0.25) is 0 Å². The van der Waals surface area contributed by atoms with Crippen LogP contribution in [-0.2, 0) is 0 Å². The zero-order chi connectivity index (χ0) is 8.65. The van der Waals surface area contributed by atoms with Gasteiger partial charge in [-0.1, -0.05) is 6.58 Å². The molecule has 0 spiro atoms. The van der Waals surface area contributed by atoms with Crippen LogP contribution in [0.5, 0.6) is 0 Å². The van der Waals surface area contributed by atoms with E-state index in [1.165, 1.54) is 0 Å². The van der Waals surface area contributed by atoms with Crippen LogP contribution in [0, 0.1) is 0 Å². The van der Waals surface area contributed by atoms with Gasteiger partial charge in [-0.05, 0) is 30.3 Å². The van der Waals surface area contributed by atoms with Crippen molar-refractivity contribution >= 4 is 6.08 Å². The second-order valence-corrected chi connectivity index (χ2v) is 2.21. The van der Waals surface area contributed by atoms with Crippen molar-refractivity contribution in [1.29, 1.82) is 0 Å². The van der Waals surface area contributed by atoms with Gasteiger partial charge in [-0.25, -0.2) is 0 Å². The number of rotatable bonds is 1. The van der Waals surface area contributed by atoms with Crippen LogP contribution >= 0.6 is 0 Å². The fourth-order valence-corrected chi connectivity index (χ4v) is 0.749. The fourth-order valence-electron chi connectivity index (χ4n) is 0.749. The number of hydrogen-bond acceptors (Lipinski definition) is 0. The van der Waals surface area contributed by atoms with Gasteiger partial charge in [0.25, 0.3) is 0 Å². The molecule has 0 unspecified atom stereocenters. The third kappa shape index (κ3) is 2.92. The van der Waals surface area contributed by atoms with Gasteiger partial charge in [-0.3, -0.25) is 0 Å². The van der Waals surface area contributed by atoms with Crippen LogP contribution < -0.4 is 0 Å². The SMILES string of the molecule is C=Cc1ccc[nH]1.c1cc[nH]c1. The van der Waals surface area contributed by atoms with Crippen LogP contribution in [0.25, 0.3) is 6.08 Å². The summed E-state index contributed by atoms with van der Waals surface area (Å²) in [7, 11) is 0. The smallest absolute Gasteiger partial charge is 0.0374 e. The van der Waals surface area contributed by atoms with Crippen molar-refractivity contribution in [3.8, 4) is 0 Å². The molecule has 2 heterocycles. The van der Waals surface area contributed by atoms with Crippen molar-refractivity contribution in [1.82, 2.24) is 9.97 Å². The summed E-state index contributed by atoms with van der Waals surface area (Å²) >= 11 is 0. The monoisotopic (exact) mass is 160 g/mol. The zero-order valence-electron chi connectivity index (χ0n) is 6.83. The molecule has 2 N–H and O–H groups in total. The summed E-state index contributed by atoms with van der Waals surface area (Å²) < 4.78 is 0. The van der Waals surface area contributed by atoms with E-state index < -0.39 is 0 Å². The first-order valence-corrected chi connectivity index (χ1v) is 3.77. The van der Waals surface area contributed by atoms with Gasteiger partial charge in [0.05, 0.1) is 0 Å². The Morgan fingerprint density at radius 3 is 2.08 bits per heavy atom. The summed E-state index contributed by atoms with van der Waals surface area (Å²) in [5.74, 6) is 0. The van der Waals surface area contributed by atoms with Crippen molar-refractivity contribution < 1.29 is 0 Å². The van der Waals surface area contributed by atoms with Crippen molar-refractivity contribution in [2.45, 2.75) is 0 Å². The molecule has 0 saturated carbocycles. The minimum Gasteiger partial charge on any atom is -0.368 e. The lowest BCUT2D eigenvalue weighted by atomic mass is 10.4. The van der Waals surface area contributed by atoms with Gasteiger partial charge in [0, 0.05) is 24.3 Å². The number of hydrogen-bond donors (Lipinski definition) is 2. The second-order valence-electron chi connectivity index (χ2n) is 2.21. The molecular weight excluding hydrogens is 148 g/mol. The molecule has 0 aromatic carbocycles. The lowest BCUT2D eigenvalue weighted by Crippen LogP contribution is -1.61. The van der Waals surface area contributed by atoms with E-state index in [2.05, 4.69) is 16.5 Å². The van der Waals surface area contributed by atoms with Gasteiger partial charge >= 0.3 is 0 Å². The largest absolute Gasteiger partial charge is 0.368 e. The number of aromatic amines is 2. The van der Waals surface area contributed by atoms with Crippen LogP contribution in [0.1, 0.15) is 5.69 Å². The molecule has 0 bridgehead atoms. The first-order chi connectivity index (χ1) is 5.93. The molecule has 0 aliphatic heterocycles. The topological polar surface area (TPSA) is 31.6 Å². The van der Waals surface area contributed by atoms with Gasteiger partial charge in [-0.2, -0.15) is 0 Å². The summed E-state index contributed by atoms with van der Waals surface area (Å²) in [6.45, 7) is 3.57. The average molecular weight is 160 g/mol. The molecule has 0 amide bonds. The van der Waals surface area contributed by atoms with Gasteiger partial charge < -0.3 is 9.97 Å². The maximum Gasteiger partial charge on any atom is 0.0374 e. The van der Waals surface area contributed by atoms with Gasteiger partial charge in [0.1, 0.15) is 0 Å². The van der Waals surface area contributed by atoms with Crippen molar-refractivity contribution in [2.24, 2.45) is 0 Å². The molecule has 2 rings (SSSR count). The Morgan fingerprint density at radius 2 is 1.83 bits per heavy atom. The lowest BCUT2D eigenvalue weighted by Gasteiger charge is -1.74. The van der Waals surface area contributed by atoms with Crippen LogP contribution in [0.4, 0.5) is 0 Å². The molecule has 2 aromatic heterocycles. The van der Waals surface area contributed by atoms with E-state index in [-0.39, 0.29) is 0 Å². The second kappa shape index (κ2) is 5.02. The number of aromatic nitrogens is 2. The Balaban J connectivity index is 0.000000127. The summed E-state index contributed by atoms with van der Waals surface area (Å²) in [6.07, 6.45) is 7.40. The minimum absolute atomic E-state index is 1.07. The summed E-state index contributed by atoms with van der Waals surface area (Å²) in [6, 6.07) is 7.80. The third-order valence-corrected chi connectivity index (χ3v) is 1.34. The molecule has 0 aliphatic rings. The summed E-state index contributed by atoms with van der Waals surface area (Å²) in [5, 5.41) is 0. The molecular formula is C10H12N2. The van der Waals surface area contributed by atoms with Crippen LogP contribution in [-0.4, -0.2) is 9.97 Å². The van der Waals surface area contributed by atoms with E-state index in [1.807, 2.05) is 42.9 Å². The zero-order valence-corrected chi connectivity index (χ0v) is 6.83. The molecule has 2 aromatic rings. The van der Waals surface area contributed by atoms with E-state index in [4.69, 9.17) is 0 Å². The molecule has 0 fully saturated rings. The lowest BCUT2D eigenvalue weighted by molar-refractivity contribution is 1.38. The molecule has 2 heteroatoms. The Bertz CT molecular complexity index is 262. The Labute approximate surface area is 72.0 Å². The van der Waals surface area contributed by atoms with E-state index in [0.29, 0.717) is 0 Å². The summed E-state index contributed by atoms with van der Waals surface area (Å²) in [5.41, 5.74) is 1.07. The number of nitrogens with one attached hydrogen (secondary N) is 2. The highest BCUT2D eigenvalue weighted by Gasteiger charge is 1.76. The highest BCUT2D eigenvalue weighted by Crippen LogP contribution is 1.92. The van der Waals surface area contributed by atoms with Crippen LogP contribution in [0.3, 0.4) is 0 Å². The summed E-state index contributed by atoms with van der Waals surface area (Å²) in [4.78, 5) is 5.83. The fraction of sp³-hybridized carbons (Fsp3) is 0. The maximum atomic E-state index is 3.57. The Hall–Kier alpha value is -1.70. The number of H-pyrrole nitrogens is 2. The van der Waals surface area contributed by atoms with E-state index in [0.717, 1.165) is 5.69 Å². The van der Waals surface area contributed by atoms with Crippen LogP contribution in [0.15, 0.2) is 49.4 Å². The van der Waals surface area contributed by atoms with Crippen molar-refractivity contribution in [2.75, 3.05) is 0 Å². The van der Waals surface area contributed by atoms with E-state index in [1.54, 1.807) is 6.08 Å². The molecule has 2 nitrogen and oxygen atoms in total. The molecule has 0 atom stereocenters. The normalized spacial score (nSPS) is 8.33. The van der Waals surface area contributed by atoms with Crippen molar-refractivity contribution in [3.63, 3.8) is 0 Å². The van der Waals surface area contributed by atoms with Crippen molar-refractivity contribution in [3.05, 3.63) is 55.1 Å². The van der Waals surface area contributed by atoms with Gasteiger partial charge in [-0.15, -0.1) is 0 Å². The molecule has 12 heavy (non-hydrogen) atoms. The third-order valence-electron chi connectivity index (χ3n) is 1.34. The van der Waals surface area contributed by atoms with Gasteiger partial charge in [0.15, 0.2) is 0 Å². The first-order valence-electron chi connectivity index (χ1n) is 3.77. The molecule has 62 valence electrons. The highest BCUT2D eigenvalue weighted by molar-refractivity contribution is 5.40. The van der Waals surface area contributed by atoms with E-state index in [9.17, 15) is 0 Å². The molecule has 0 saturated heterocycles. The minimum atomic E-state index is 1.07. The maximum absolute atomic E-state index is 3.57. The predicted molar refractivity (Wildman–Crippen MR) is 51.7 cm³/mol. The Kier molecular flexibility index (Phi) is 3.51. The first kappa shape index (κ1) is 8.40.